The number of carbonyl (C=O) groups is 1. The first-order valence-corrected chi connectivity index (χ1v) is 11.8. The van der Waals surface area contributed by atoms with Crippen LogP contribution < -0.4 is 14.8 Å². The highest BCUT2D eigenvalue weighted by Gasteiger charge is 2.07. The molecule has 2 aromatic rings. The molecular weight excluding hydrogens is 402 g/mol. The average Bonchev–Trinajstić information content (AvgIpc) is 2.80. The van der Waals surface area contributed by atoms with Crippen molar-refractivity contribution in [3.05, 3.63) is 59.7 Å². The highest BCUT2D eigenvalue weighted by molar-refractivity contribution is 5.91. The molecule has 2 aromatic carbocycles. The van der Waals surface area contributed by atoms with Crippen LogP contribution in [0.5, 0.6) is 17.2 Å². The molecule has 0 aliphatic heterocycles. The highest BCUT2D eigenvalue weighted by Crippen LogP contribution is 2.29. The van der Waals surface area contributed by atoms with Crippen molar-refractivity contribution in [2.45, 2.75) is 58.8 Å². The predicted octanol–water partition coefficient (Wildman–Crippen LogP) is 5.90. The van der Waals surface area contributed by atoms with Gasteiger partial charge in [0.05, 0.1) is 13.2 Å². The van der Waals surface area contributed by atoms with Gasteiger partial charge in [-0.2, -0.15) is 0 Å². The van der Waals surface area contributed by atoms with Crippen LogP contribution in [-0.4, -0.2) is 30.8 Å². The van der Waals surface area contributed by atoms with E-state index in [4.69, 9.17) is 9.47 Å². The summed E-state index contributed by atoms with van der Waals surface area (Å²) < 4.78 is 11.9. The number of aromatic hydroxyl groups is 1. The first-order chi connectivity index (χ1) is 15.6. The van der Waals surface area contributed by atoms with Crippen molar-refractivity contribution in [1.82, 2.24) is 5.32 Å². The van der Waals surface area contributed by atoms with E-state index in [1.54, 1.807) is 18.2 Å². The second kappa shape index (κ2) is 15.0. The van der Waals surface area contributed by atoms with Gasteiger partial charge in [-0.25, -0.2) is 0 Å². The van der Waals surface area contributed by atoms with Gasteiger partial charge in [0.1, 0.15) is 5.75 Å². The Morgan fingerprint density at radius 1 is 0.906 bits per heavy atom. The van der Waals surface area contributed by atoms with Crippen LogP contribution in [0.3, 0.4) is 0 Å². The number of phenolic OH excluding ortho intramolecular Hbond substituents is 1. The number of rotatable bonds is 15. The van der Waals surface area contributed by atoms with E-state index in [0.29, 0.717) is 26.2 Å². The quantitative estimate of drug-likeness (QED) is 0.268. The fourth-order valence-corrected chi connectivity index (χ4v) is 3.15. The molecule has 0 saturated heterocycles. The van der Waals surface area contributed by atoms with E-state index in [2.05, 4.69) is 19.2 Å². The minimum Gasteiger partial charge on any atom is -0.508 e. The second-order valence-corrected chi connectivity index (χ2v) is 7.86. The Labute approximate surface area is 192 Å². The summed E-state index contributed by atoms with van der Waals surface area (Å²) >= 11 is 0. The summed E-state index contributed by atoms with van der Waals surface area (Å²) in [6.07, 6.45) is 10.7. The van der Waals surface area contributed by atoms with Gasteiger partial charge in [-0.05, 0) is 60.7 Å². The predicted molar refractivity (Wildman–Crippen MR) is 130 cm³/mol. The molecule has 2 N–H and O–H groups in total. The summed E-state index contributed by atoms with van der Waals surface area (Å²) in [4.78, 5) is 12.2. The van der Waals surface area contributed by atoms with Crippen molar-refractivity contribution >= 4 is 12.0 Å². The first-order valence-electron chi connectivity index (χ1n) is 11.8. The second-order valence-electron chi connectivity index (χ2n) is 7.86. The van der Waals surface area contributed by atoms with Crippen LogP contribution in [0.2, 0.25) is 0 Å². The van der Waals surface area contributed by atoms with E-state index in [9.17, 15) is 9.90 Å². The standard InChI is InChI=1S/C27H37NO4/c1-3-5-7-19-31-25-15-11-23(21-26(25)32-20-8-6-4-2)12-16-27(30)28-18-17-22-9-13-24(29)14-10-22/h9-16,21,29H,3-8,17-20H2,1-2H3,(H,28,30). The largest absolute Gasteiger partial charge is 0.508 e. The fraction of sp³-hybridized carbons (Fsp3) is 0.444. The molecule has 0 unspecified atom stereocenters. The lowest BCUT2D eigenvalue weighted by atomic mass is 10.1. The van der Waals surface area contributed by atoms with Crippen LogP contribution in [0, 0.1) is 0 Å². The number of nitrogens with one attached hydrogen (secondary N) is 1. The van der Waals surface area contributed by atoms with Gasteiger partial charge in [0.25, 0.3) is 0 Å². The van der Waals surface area contributed by atoms with E-state index < -0.39 is 0 Å². The molecule has 0 atom stereocenters. The molecule has 0 radical (unpaired) electrons. The van der Waals surface area contributed by atoms with Crippen LogP contribution in [0.4, 0.5) is 0 Å². The Morgan fingerprint density at radius 2 is 1.56 bits per heavy atom. The molecule has 5 heteroatoms. The van der Waals surface area contributed by atoms with Crippen LogP contribution >= 0.6 is 0 Å². The van der Waals surface area contributed by atoms with Crippen LogP contribution in [0.15, 0.2) is 48.5 Å². The summed E-state index contributed by atoms with van der Waals surface area (Å²) in [6.45, 7) is 6.21. The zero-order valence-corrected chi connectivity index (χ0v) is 19.4. The molecule has 1 amide bonds. The van der Waals surface area contributed by atoms with Gasteiger partial charge in [0.2, 0.25) is 5.91 Å². The maximum absolute atomic E-state index is 12.2. The Hall–Kier alpha value is -2.95. The van der Waals surface area contributed by atoms with Gasteiger partial charge in [0, 0.05) is 12.6 Å². The van der Waals surface area contributed by atoms with E-state index >= 15 is 0 Å². The lowest BCUT2D eigenvalue weighted by Crippen LogP contribution is -2.23. The summed E-state index contributed by atoms with van der Waals surface area (Å²) in [5.74, 6) is 1.58. The van der Waals surface area contributed by atoms with Gasteiger partial charge >= 0.3 is 0 Å². The minimum absolute atomic E-state index is 0.144. The lowest BCUT2D eigenvalue weighted by Gasteiger charge is -2.13. The van der Waals surface area contributed by atoms with Gasteiger partial charge in [-0.15, -0.1) is 0 Å². The normalized spacial score (nSPS) is 10.9. The molecule has 0 heterocycles. The first kappa shape index (κ1) is 25.3. The number of ether oxygens (including phenoxy) is 2. The Bertz CT molecular complexity index is 830. The molecule has 0 spiro atoms. The molecule has 174 valence electrons. The Morgan fingerprint density at radius 3 is 2.22 bits per heavy atom. The molecule has 0 aliphatic rings. The maximum Gasteiger partial charge on any atom is 0.244 e. The summed E-state index contributed by atoms with van der Waals surface area (Å²) in [6, 6.07) is 12.8. The highest BCUT2D eigenvalue weighted by atomic mass is 16.5. The third-order valence-electron chi connectivity index (χ3n) is 5.06. The van der Waals surface area contributed by atoms with E-state index in [-0.39, 0.29) is 11.7 Å². The van der Waals surface area contributed by atoms with Crippen molar-refractivity contribution < 1.29 is 19.4 Å². The van der Waals surface area contributed by atoms with Crippen LogP contribution in [0.1, 0.15) is 63.5 Å². The SMILES string of the molecule is CCCCCOc1ccc(C=CC(=O)NCCc2ccc(O)cc2)cc1OCCCCC. The summed E-state index contributed by atoms with van der Waals surface area (Å²) in [5, 5.41) is 12.2. The maximum atomic E-state index is 12.2. The van der Waals surface area contributed by atoms with Crippen molar-refractivity contribution in [1.29, 1.82) is 0 Å². The molecule has 5 nitrogen and oxygen atoms in total. The van der Waals surface area contributed by atoms with Crippen LogP contribution in [-0.2, 0) is 11.2 Å². The lowest BCUT2D eigenvalue weighted by molar-refractivity contribution is -0.116. The number of hydrogen-bond acceptors (Lipinski definition) is 4. The molecule has 0 saturated carbocycles. The molecule has 0 bridgehead atoms. The van der Waals surface area contributed by atoms with Gasteiger partial charge in [0.15, 0.2) is 11.5 Å². The van der Waals surface area contributed by atoms with Crippen molar-refractivity contribution in [2.75, 3.05) is 19.8 Å². The van der Waals surface area contributed by atoms with Gasteiger partial charge in [-0.1, -0.05) is 57.7 Å². The third-order valence-corrected chi connectivity index (χ3v) is 5.06. The van der Waals surface area contributed by atoms with Crippen LogP contribution in [0.25, 0.3) is 6.08 Å². The zero-order chi connectivity index (χ0) is 23.0. The topological polar surface area (TPSA) is 67.8 Å². The van der Waals surface area contributed by atoms with Crippen molar-refractivity contribution in [2.24, 2.45) is 0 Å². The Kier molecular flexibility index (Phi) is 11.8. The smallest absolute Gasteiger partial charge is 0.244 e. The van der Waals surface area contributed by atoms with Gasteiger partial charge < -0.3 is 19.9 Å². The van der Waals surface area contributed by atoms with Gasteiger partial charge in [-0.3, -0.25) is 4.79 Å². The summed E-state index contributed by atoms with van der Waals surface area (Å²) in [5.41, 5.74) is 1.96. The van der Waals surface area contributed by atoms with Crippen molar-refractivity contribution in [3.8, 4) is 17.2 Å². The average molecular weight is 440 g/mol. The number of phenols is 1. The number of amides is 1. The fourth-order valence-electron chi connectivity index (χ4n) is 3.15. The molecular formula is C27H37NO4. The van der Waals surface area contributed by atoms with E-state index in [0.717, 1.165) is 61.2 Å². The van der Waals surface area contributed by atoms with Crippen molar-refractivity contribution in [3.63, 3.8) is 0 Å². The van der Waals surface area contributed by atoms with E-state index in [1.807, 2.05) is 30.3 Å². The Balaban J connectivity index is 1.90. The monoisotopic (exact) mass is 439 g/mol. The molecule has 0 aromatic heterocycles. The number of benzene rings is 2. The molecule has 0 aliphatic carbocycles. The number of hydrogen-bond donors (Lipinski definition) is 2. The molecule has 2 rings (SSSR count). The van der Waals surface area contributed by atoms with E-state index in [1.165, 1.54) is 6.08 Å². The zero-order valence-electron chi connectivity index (χ0n) is 19.4. The summed E-state index contributed by atoms with van der Waals surface area (Å²) in [7, 11) is 0. The minimum atomic E-state index is -0.144. The molecule has 0 fully saturated rings. The third kappa shape index (κ3) is 9.90. The number of carbonyl (C=O) groups excluding carboxylic acids is 1. The molecule has 32 heavy (non-hydrogen) atoms. The number of unbranched alkanes of at least 4 members (excludes halogenated alkanes) is 4.